The van der Waals surface area contributed by atoms with Crippen LogP contribution < -0.4 is 5.32 Å². The molecule has 3 nitrogen and oxygen atoms in total. The van der Waals surface area contributed by atoms with E-state index in [0.29, 0.717) is 18.2 Å². The number of carboxylic acids is 1. The monoisotopic (exact) mass is 295 g/mol. The van der Waals surface area contributed by atoms with Gasteiger partial charge in [-0.3, -0.25) is 5.32 Å². The molecule has 2 atom stereocenters. The van der Waals surface area contributed by atoms with Gasteiger partial charge >= 0.3 is 5.97 Å². The molecule has 2 N–H and O–H groups in total. The molecule has 0 aromatic heterocycles. The van der Waals surface area contributed by atoms with E-state index in [-0.39, 0.29) is 0 Å². The predicted molar refractivity (Wildman–Crippen MR) is 86.3 cm³/mol. The fraction of sp³-hybridized carbons (Fsp3) is 0.562. The Morgan fingerprint density at radius 3 is 2.50 bits per heavy atom. The number of aliphatic carboxylic acids is 1. The van der Waals surface area contributed by atoms with Gasteiger partial charge in [-0.15, -0.1) is 0 Å². The van der Waals surface area contributed by atoms with Crippen LogP contribution in [0.5, 0.6) is 0 Å². The Labute approximate surface area is 126 Å². The molecule has 0 saturated heterocycles. The second-order valence-corrected chi connectivity index (χ2v) is 6.49. The number of likely N-dealkylation sites (N-methyl/N-ethyl adjacent to an activating group) is 1. The Bertz CT molecular complexity index is 410. The summed E-state index contributed by atoms with van der Waals surface area (Å²) >= 11 is 1.84. The van der Waals surface area contributed by atoms with Gasteiger partial charge in [-0.25, -0.2) is 4.79 Å². The van der Waals surface area contributed by atoms with Gasteiger partial charge in [-0.2, -0.15) is 11.8 Å². The van der Waals surface area contributed by atoms with Crippen molar-refractivity contribution in [1.29, 1.82) is 0 Å². The van der Waals surface area contributed by atoms with E-state index in [2.05, 4.69) is 19.2 Å². The number of hydrogen-bond donors (Lipinski definition) is 2. The molecule has 1 rings (SSSR count). The Hall–Kier alpha value is -1.00. The number of carbonyl (C=O) groups is 1. The maximum Gasteiger partial charge on any atom is 0.328 e. The zero-order valence-corrected chi connectivity index (χ0v) is 13.4. The minimum absolute atomic E-state index is 0.568. The average molecular weight is 295 g/mol. The lowest BCUT2D eigenvalue weighted by Crippen LogP contribution is -2.49. The summed E-state index contributed by atoms with van der Waals surface area (Å²) in [6.07, 6.45) is 1.70. The third-order valence-corrected chi connectivity index (χ3v) is 4.91. The molecule has 4 heteroatoms. The summed E-state index contributed by atoms with van der Waals surface area (Å²) in [6.45, 7) is 6.92. The molecule has 0 aliphatic rings. The highest BCUT2D eigenvalue weighted by atomic mass is 32.2. The van der Waals surface area contributed by atoms with Gasteiger partial charge in [0.1, 0.15) is 5.54 Å². The fourth-order valence-electron chi connectivity index (χ4n) is 2.20. The quantitative estimate of drug-likeness (QED) is 0.732. The van der Waals surface area contributed by atoms with Crippen LogP contribution in [0.25, 0.3) is 0 Å². The molecule has 0 bridgehead atoms. The molecule has 0 aliphatic heterocycles. The van der Waals surface area contributed by atoms with Gasteiger partial charge in [0.2, 0.25) is 0 Å². The minimum Gasteiger partial charge on any atom is -0.480 e. The molecular weight excluding hydrogens is 270 g/mol. The fourth-order valence-corrected chi connectivity index (χ4v) is 3.26. The largest absolute Gasteiger partial charge is 0.480 e. The lowest BCUT2D eigenvalue weighted by molar-refractivity contribution is -0.145. The molecule has 20 heavy (non-hydrogen) atoms. The SMILES string of the molecule is CCNC(CCSC(C)CC)(C(=O)O)c1ccccc1. The van der Waals surface area contributed by atoms with E-state index in [1.807, 2.05) is 49.0 Å². The summed E-state index contributed by atoms with van der Waals surface area (Å²) in [5, 5.41) is 13.5. The number of hydrogen-bond acceptors (Lipinski definition) is 3. The first-order chi connectivity index (χ1) is 9.56. The van der Waals surface area contributed by atoms with Crippen molar-refractivity contribution in [3.05, 3.63) is 35.9 Å². The van der Waals surface area contributed by atoms with Crippen LogP contribution in [0.4, 0.5) is 0 Å². The van der Waals surface area contributed by atoms with Gasteiger partial charge in [-0.05, 0) is 30.7 Å². The highest BCUT2D eigenvalue weighted by molar-refractivity contribution is 7.99. The van der Waals surface area contributed by atoms with Crippen LogP contribution in [0.2, 0.25) is 0 Å². The van der Waals surface area contributed by atoms with Gasteiger partial charge in [0, 0.05) is 5.25 Å². The van der Waals surface area contributed by atoms with E-state index in [1.54, 1.807) is 0 Å². The Morgan fingerprint density at radius 2 is 2.00 bits per heavy atom. The second-order valence-electron chi connectivity index (χ2n) is 4.95. The van der Waals surface area contributed by atoms with E-state index in [9.17, 15) is 9.90 Å². The third-order valence-electron chi connectivity index (χ3n) is 3.56. The first-order valence-electron chi connectivity index (χ1n) is 7.22. The summed E-state index contributed by atoms with van der Waals surface area (Å²) < 4.78 is 0. The van der Waals surface area contributed by atoms with Crippen molar-refractivity contribution < 1.29 is 9.90 Å². The van der Waals surface area contributed by atoms with Crippen molar-refractivity contribution >= 4 is 17.7 Å². The highest BCUT2D eigenvalue weighted by Gasteiger charge is 2.39. The Kier molecular flexibility index (Phi) is 7.10. The zero-order chi connectivity index (χ0) is 15.0. The predicted octanol–water partition coefficient (Wildman–Crippen LogP) is 3.50. The van der Waals surface area contributed by atoms with Crippen LogP contribution in [0.3, 0.4) is 0 Å². The standard InChI is InChI=1S/C16H25NO2S/c1-4-13(3)20-12-11-16(15(18)19,17-5-2)14-9-7-6-8-10-14/h6-10,13,17H,4-5,11-12H2,1-3H3,(H,18,19). The van der Waals surface area contributed by atoms with E-state index in [0.717, 1.165) is 17.7 Å². The molecule has 0 saturated carbocycles. The van der Waals surface area contributed by atoms with Crippen molar-refractivity contribution in [3.8, 4) is 0 Å². The number of rotatable bonds is 9. The second kappa shape index (κ2) is 8.32. The van der Waals surface area contributed by atoms with Crippen molar-refractivity contribution in [2.75, 3.05) is 12.3 Å². The molecule has 0 fully saturated rings. The van der Waals surface area contributed by atoms with Gasteiger partial charge < -0.3 is 5.11 Å². The number of carboxylic acid groups (broad SMARTS) is 1. The lowest BCUT2D eigenvalue weighted by atomic mass is 9.87. The summed E-state index contributed by atoms with van der Waals surface area (Å²) in [5.41, 5.74) is -0.143. The third kappa shape index (κ3) is 4.25. The molecular formula is C16H25NO2S. The molecule has 112 valence electrons. The van der Waals surface area contributed by atoms with Crippen LogP contribution in [0.15, 0.2) is 30.3 Å². The normalized spacial score (nSPS) is 15.6. The molecule has 1 aromatic carbocycles. The van der Waals surface area contributed by atoms with Gasteiger partial charge in [0.05, 0.1) is 0 Å². The molecule has 0 spiro atoms. The molecule has 1 aromatic rings. The maximum atomic E-state index is 11.9. The van der Waals surface area contributed by atoms with Crippen LogP contribution >= 0.6 is 11.8 Å². The molecule has 0 radical (unpaired) electrons. The van der Waals surface area contributed by atoms with Crippen LogP contribution in [-0.4, -0.2) is 28.6 Å². The van der Waals surface area contributed by atoms with E-state index in [4.69, 9.17) is 0 Å². The first-order valence-corrected chi connectivity index (χ1v) is 8.27. The number of thioether (sulfide) groups is 1. The molecule has 0 aliphatic carbocycles. The van der Waals surface area contributed by atoms with Gasteiger partial charge in [0.15, 0.2) is 0 Å². The molecule has 0 amide bonds. The lowest BCUT2D eigenvalue weighted by Gasteiger charge is -2.31. The highest BCUT2D eigenvalue weighted by Crippen LogP contribution is 2.28. The molecule has 2 unspecified atom stereocenters. The zero-order valence-electron chi connectivity index (χ0n) is 12.6. The molecule has 0 heterocycles. The van der Waals surface area contributed by atoms with Crippen molar-refractivity contribution in [2.45, 2.75) is 44.4 Å². The summed E-state index contributed by atoms with van der Waals surface area (Å²) in [5.74, 6) is 0.0405. The Morgan fingerprint density at radius 1 is 1.35 bits per heavy atom. The summed E-state index contributed by atoms with van der Waals surface area (Å²) in [4.78, 5) is 11.9. The van der Waals surface area contributed by atoms with E-state index in [1.165, 1.54) is 0 Å². The smallest absolute Gasteiger partial charge is 0.328 e. The van der Waals surface area contributed by atoms with Crippen molar-refractivity contribution in [3.63, 3.8) is 0 Å². The maximum absolute atomic E-state index is 11.9. The topological polar surface area (TPSA) is 49.3 Å². The summed E-state index contributed by atoms with van der Waals surface area (Å²) in [7, 11) is 0. The number of benzene rings is 1. The van der Waals surface area contributed by atoms with Gasteiger partial charge in [-0.1, -0.05) is 51.1 Å². The number of nitrogens with one attached hydrogen (secondary N) is 1. The van der Waals surface area contributed by atoms with Crippen molar-refractivity contribution in [1.82, 2.24) is 5.32 Å². The van der Waals surface area contributed by atoms with Crippen LogP contribution in [0, 0.1) is 0 Å². The summed E-state index contributed by atoms with van der Waals surface area (Å²) in [6, 6.07) is 9.49. The van der Waals surface area contributed by atoms with Crippen LogP contribution in [-0.2, 0) is 10.3 Å². The van der Waals surface area contributed by atoms with Crippen molar-refractivity contribution in [2.24, 2.45) is 0 Å². The van der Waals surface area contributed by atoms with E-state index >= 15 is 0 Å². The first kappa shape index (κ1) is 17.1. The Balaban J connectivity index is 2.92. The minimum atomic E-state index is -0.976. The van der Waals surface area contributed by atoms with Crippen LogP contribution in [0.1, 0.15) is 39.2 Å². The van der Waals surface area contributed by atoms with Gasteiger partial charge in [0.25, 0.3) is 0 Å². The van der Waals surface area contributed by atoms with E-state index < -0.39 is 11.5 Å². The average Bonchev–Trinajstić information content (AvgIpc) is 2.46.